The smallest absolute Gasteiger partial charge is 0.191 e. The van der Waals surface area contributed by atoms with E-state index < -0.39 is 0 Å². The second-order valence-electron chi connectivity index (χ2n) is 5.55. The van der Waals surface area contributed by atoms with Crippen LogP contribution in [0.5, 0.6) is 0 Å². The van der Waals surface area contributed by atoms with Crippen LogP contribution in [-0.2, 0) is 4.74 Å². The Morgan fingerprint density at radius 2 is 2.08 bits per heavy atom. The van der Waals surface area contributed by atoms with E-state index in [-0.39, 0.29) is 36.1 Å². The molecule has 5 nitrogen and oxygen atoms in total. The lowest BCUT2D eigenvalue weighted by atomic mass is 10.1. The van der Waals surface area contributed by atoms with E-state index in [1.165, 1.54) is 0 Å². The molecule has 25 heavy (non-hydrogen) atoms. The van der Waals surface area contributed by atoms with Crippen LogP contribution in [0.25, 0.3) is 0 Å². The maximum absolute atomic E-state index is 6.05. The van der Waals surface area contributed by atoms with Gasteiger partial charge in [0.15, 0.2) is 5.96 Å². The van der Waals surface area contributed by atoms with Crippen molar-refractivity contribution in [2.24, 2.45) is 4.99 Å². The number of furan rings is 1. The summed E-state index contributed by atoms with van der Waals surface area (Å²) in [6, 6.07) is 11.6. The predicted molar refractivity (Wildman–Crippen MR) is 113 cm³/mol. The lowest BCUT2D eigenvalue weighted by molar-refractivity contribution is 0.106. The number of hydrogen-bond donors (Lipinski definition) is 2. The number of halogens is 2. The molecule has 2 N–H and O–H groups in total. The minimum atomic E-state index is -0.122. The van der Waals surface area contributed by atoms with Gasteiger partial charge in [0.25, 0.3) is 0 Å². The van der Waals surface area contributed by atoms with Gasteiger partial charge in [-0.1, -0.05) is 23.7 Å². The van der Waals surface area contributed by atoms with E-state index in [1.54, 1.807) is 14.2 Å². The fourth-order valence-electron chi connectivity index (χ4n) is 2.39. The van der Waals surface area contributed by atoms with Crippen LogP contribution in [0.1, 0.15) is 36.2 Å². The Morgan fingerprint density at radius 3 is 2.64 bits per heavy atom. The van der Waals surface area contributed by atoms with E-state index in [0.717, 1.165) is 17.1 Å². The molecule has 0 fully saturated rings. The minimum absolute atomic E-state index is 0. The van der Waals surface area contributed by atoms with E-state index in [2.05, 4.69) is 15.6 Å². The number of ether oxygens (including phenoxy) is 1. The number of nitrogens with one attached hydrogen (secondary N) is 2. The molecule has 1 aromatic heterocycles. The number of guanidine groups is 1. The van der Waals surface area contributed by atoms with Gasteiger partial charge in [-0.05, 0) is 43.7 Å². The largest absolute Gasteiger partial charge is 0.464 e. The van der Waals surface area contributed by atoms with Crippen LogP contribution in [0.4, 0.5) is 0 Å². The molecule has 0 saturated heterocycles. The van der Waals surface area contributed by atoms with Crippen molar-refractivity contribution in [1.29, 1.82) is 0 Å². The molecule has 2 unspecified atom stereocenters. The molecule has 1 aromatic carbocycles. The average molecular weight is 478 g/mol. The monoisotopic (exact) mass is 477 g/mol. The van der Waals surface area contributed by atoms with Crippen molar-refractivity contribution >= 4 is 41.5 Å². The lowest BCUT2D eigenvalue weighted by Crippen LogP contribution is -2.40. The fourth-order valence-corrected chi connectivity index (χ4v) is 2.59. The second kappa shape index (κ2) is 10.7. The fraction of sp³-hybridized carbons (Fsp3) is 0.389. The highest BCUT2D eigenvalue weighted by Gasteiger charge is 2.14. The molecule has 0 bridgehead atoms. The van der Waals surface area contributed by atoms with Crippen LogP contribution in [0.3, 0.4) is 0 Å². The van der Waals surface area contributed by atoms with Crippen molar-refractivity contribution in [2.75, 3.05) is 20.7 Å². The van der Waals surface area contributed by atoms with Gasteiger partial charge in [-0.25, -0.2) is 0 Å². The standard InChI is InChI=1S/C18H24ClN3O2.HI/c1-12-8-9-16(24-12)13(2)22-18(20-3)21-11-17(23-4)14-6-5-7-15(19)10-14;/h5-10,13,17H,11H2,1-4H3,(H2,20,21,22);1H. The highest BCUT2D eigenvalue weighted by molar-refractivity contribution is 14.0. The molecule has 0 aliphatic heterocycles. The maximum atomic E-state index is 6.05. The van der Waals surface area contributed by atoms with Crippen molar-refractivity contribution in [3.8, 4) is 0 Å². The minimum Gasteiger partial charge on any atom is -0.464 e. The lowest BCUT2D eigenvalue weighted by Gasteiger charge is -2.20. The molecule has 2 atom stereocenters. The van der Waals surface area contributed by atoms with Crippen LogP contribution in [0.2, 0.25) is 5.02 Å². The molecular weight excluding hydrogens is 453 g/mol. The Bertz CT molecular complexity index is 690. The zero-order chi connectivity index (χ0) is 17.5. The molecule has 138 valence electrons. The van der Waals surface area contributed by atoms with Crippen molar-refractivity contribution in [2.45, 2.75) is 26.0 Å². The number of rotatable bonds is 6. The number of nitrogens with zero attached hydrogens (tertiary/aromatic N) is 1. The summed E-state index contributed by atoms with van der Waals surface area (Å²) in [5, 5.41) is 7.27. The van der Waals surface area contributed by atoms with Crippen molar-refractivity contribution in [3.05, 3.63) is 58.5 Å². The van der Waals surface area contributed by atoms with Gasteiger partial charge in [0.1, 0.15) is 11.5 Å². The molecule has 0 aliphatic carbocycles. The van der Waals surface area contributed by atoms with Crippen LogP contribution >= 0.6 is 35.6 Å². The van der Waals surface area contributed by atoms with Crippen LogP contribution in [-0.4, -0.2) is 26.7 Å². The van der Waals surface area contributed by atoms with Gasteiger partial charge in [-0.15, -0.1) is 24.0 Å². The summed E-state index contributed by atoms with van der Waals surface area (Å²) >= 11 is 6.05. The quantitative estimate of drug-likeness (QED) is 0.366. The van der Waals surface area contributed by atoms with Crippen LogP contribution in [0.15, 0.2) is 45.8 Å². The molecule has 0 radical (unpaired) electrons. The number of hydrogen-bond acceptors (Lipinski definition) is 3. The van der Waals surface area contributed by atoms with Gasteiger partial charge in [0.05, 0.1) is 12.1 Å². The number of aryl methyl sites for hydroxylation is 1. The molecular formula is C18H25ClIN3O2. The van der Waals surface area contributed by atoms with Gasteiger partial charge in [-0.2, -0.15) is 0 Å². The summed E-state index contributed by atoms with van der Waals surface area (Å²) in [4.78, 5) is 4.25. The van der Waals surface area contributed by atoms with Gasteiger partial charge < -0.3 is 19.8 Å². The highest BCUT2D eigenvalue weighted by Crippen LogP contribution is 2.20. The van der Waals surface area contributed by atoms with Crippen molar-refractivity contribution in [1.82, 2.24) is 10.6 Å². The molecule has 1 heterocycles. The Hall–Kier alpha value is -1.25. The van der Waals surface area contributed by atoms with E-state index in [1.807, 2.05) is 50.2 Å². The first-order valence-electron chi connectivity index (χ1n) is 7.85. The van der Waals surface area contributed by atoms with Crippen molar-refractivity contribution < 1.29 is 9.15 Å². The molecule has 2 rings (SSSR count). The first-order chi connectivity index (χ1) is 11.5. The maximum Gasteiger partial charge on any atom is 0.191 e. The molecule has 0 spiro atoms. The van der Waals surface area contributed by atoms with E-state index >= 15 is 0 Å². The summed E-state index contributed by atoms with van der Waals surface area (Å²) < 4.78 is 11.2. The Kier molecular flexibility index (Phi) is 9.31. The topological polar surface area (TPSA) is 58.8 Å². The first-order valence-corrected chi connectivity index (χ1v) is 8.23. The van der Waals surface area contributed by atoms with Gasteiger partial charge >= 0.3 is 0 Å². The van der Waals surface area contributed by atoms with Gasteiger partial charge in [0, 0.05) is 25.7 Å². The third-order valence-electron chi connectivity index (χ3n) is 3.72. The summed E-state index contributed by atoms with van der Waals surface area (Å²) in [5.41, 5.74) is 1.02. The van der Waals surface area contributed by atoms with E-state index in [0.29, 0.717) is 17.5 Å². The highest BCUT2D eigenvalue weighted by atomic mass is 127. The van der Waals surface area contributed by atoms with Gasteiger partial charge in [-0.3, -0.25) is 4.99 Å². The molecule has 0 amide bonds. The normalized spacial score (nSPS) is 13.7. The molecule has 7 heteroatoms. The van der Waals surface area contributed by atoms with E-state index in [4.69, 9.17) is 20.8 Å². The number of benzene rings is 1. The number of methoxy groups -OCH3 is 1. The summed E-state index contributed by atoms with van der Waals surface area (Å²) in [6.45, 7) is 4.52. The molecule has 0 saturated carbocycles. The third kappa shape index (κ3) is 6.52. The number of aliphatic imine (C=N–C) groups is 1. The predicted octanol–water partition coefficient (Wildman–Crippen LogP) is 4.47. The van der Waals surface area contributed by atoms with Gasteiger partial charge in [0.2, 0.25) is 0 Å². The zero-order valence-electron chi connectivity index (χ0n) is 14.9. The molecule has 0 aliphatic rings. The second-order valence-corrected chi connectivity index (χ2v) is 5.98. The molecule has 2 aromatic rings. The van der Waals surface area contributed by atoms with Crippen molar-refractivity contribution in [3.63, 3.8) is 0 Å². The zero-order valence-corrected chi connectivity index (χ0v) is 18.0. The Morgan fingerprint density at radius 1 is 1.32 bits per heavy atom. The summed E-state index contributed by atoms with van der Waals surface area (Å²) in [6.07, 6.45) is -0.122. The first kappa shape index (κ1) is 21.8. The van der Waals surface area contributed by atoms with Crippen LogP contribution < -0.4 is 10.6 Å². The Balaban J connectivity index is 0.00000312. The third-order valence-corrected chi connectivity index (χ3v) is 3.96. The average Bonchev–Trinajstić information content (AvgIpc) is 3.01. The van der Waals surface area contributed by atoms with E-state index in [9.17, 15) is 0 Å². The van der Waals surface area contributed by atoms with Crippen LogP contribution in [0, 0.1) is 6.92 Å². The Labute approximate surface area is 171 Å². The summed E-state index contributed by atoms with van der Waals surface area (Å²) in [5.74, 6) is 2.44. The SMILES string of the molecule is CN=C(NCC(OC)c1cccc(Cl)c1)NC(C)c1ccc(C)o1.I. The summed E-state index contributed by atoms with van der Waals surface area (Å²) in [7, 11) is 3.41.